The van der Waals surface area contributed by atoms with Crippen LogP contribution < -0.4 is 11.1 Å². The number of aromatic nitrogens is 1. The number of rotatable bonds is 7. The van der Waals surface area contributed by atoms with E-state index in [4.69, 9.17) is 5.73 Å². The lowest BCUT2D eigenvalue weighted by molar-refractivity contribution is 0.259. The van der Waals surface area contributed by atoms with Crippen LogP contribution in [0.25, 0.3) is 10.4 Å². The molecule has 1 aromatic carbocycles. The molecule has 3 rings (SSSR count). The highest BCUT2D eigenvalue weighted by atomic mass is 32.1. The van der Waals surface area contributed by atoms with Gasteiger partial charge in [0.25, 0.3) is 0 Å². The SMILES string of the molecule is C.C=C(NCc1ccc(-c2scnc2C)cc1)C1CCCN1C(=C)C(N)C(C)(C)C.CC. The zero-order valence-corrected chi connectivity index (χ0v) is 21.0. The summed E-state index contributed by atoms with van der Waals surface area (Å²) in [5, 5.41) is 3.54. The van der Waals surface area contributed by atoms with E-state index in [1.807, 2.05) is 19.4 Å². The Morgan fingerprint density at radius 3 is 2.41 bits per heavy atom. The molecule has 5 heteroatoms. The number of nitrogens with one attached hydrogen (secondary N) is 1. The van der Waals surface area contributed by atoms with Gasteiger partial charge >= 0.3 is 0 Å². The molecule has 1 saturated heterocycles. The molecule has 178 valence electrons. The predicted octanol–water partition coefficient (Wildman–Crippen LogP) is 6.74. The Bertz CT molecular complexity index is 861. The fraction of sp³-hybridized carbons (Fsp3) is 0.519. The van der Waals surface area contributed by atoms with E-state index in [1.54, 1.807) is 11.3 Å². The summed E-state index contributed by atoms with van der Waals surface area (Å²) in [7, 11) is 0. The van der Waals surface area contributed by atoms with Crippen molar-refractivity contribution in [2.45, 2.75) is 80.4 Å². The van der Waals surface area contributed by atoms with Crippen molar-refractivity contribution in [1.82, 2.24) is 15.2 Å². The van der Waals surface area contributed by atoms with Gasteiger partial charge in [-0.3, -0.25) is 0 Å². The molecule has 1 aliphatic rings. The standard InChI is InChI=1S/C24H34N4S.C2H6.CH4/c1-16(21-8-7-13-28(21)18(3)23(25)24(4,5)6)26-14-19-9-11-20(12-10-19)22-17(2)27-15-29-22;1-2;/h9-12,15,21,23,26H,1,3,7-8,13-14,25H2,2,4-6H3;1-2H3;1H4. The summed E-state index contributed by atoms with van der Waals surface area (Å²) in [6, 6.07) is 8.90. The molecule has 3 N–H and O–H groups in total. The molecule has 2 aromatic rings. The van der Waals surface area contributed by atoms with E-state index in [-0.39, 0.29) is 24.9 Å². The Kier molecular flexibility index (Phi) is 10.7. The molecule has 1 aromatic heterocycles. The zero-order chi connectivity index (χ0) is 23.2. The molecular formula is C27H44N4S. The minimum atomic E-state index is -0.0568. The van der Waals surface area contributed by atoms with Crippen LogP contribution in [0.1, 0.15) is 66.1 Å². The first-order valence-electron chi connectivity index (χ1n) is 11.3. The van der Waals surface area contributed by atoms with Crippen LogP contribution in [0.2, 0.25) is 0 Å². The number of thiazole rings is 1. The van der Waals surface area contributed by atoms with Gasteiger partial charge in [-0.1, -0.05) is 79.5 Å². The zero-order valence-electron chi connectivity index (χ0n) is 20.2. The quantitative estimate of drug-likeness (QED) is 0.484. The Morgan fingerprint density at radius 2 is 1.88 bits per heavy atom. The summed E-state index contributed by atoms with van der Waals surface area (Å²) in [6.45, 7) is 23.0. The van der Waals surface area contributed by atoms with Gasteiger partial charge in [-0.15, -0.1) is 11.3 Å². The Morgan fingerprint density at radius 1 is 1.25 bits per heavy atom. The summed E-state index contributed by atoms with van der Waals surface area (Å²) >= 11 is 1.69. The number of benzene rings is 1. The van der Waals surface area contributed by atoms with E-state index in [1.165, 1.54) is 16.0 Å². The first kappa shape index (κ1) is 27.9. The van der Waals surface area contributed by atoms with Crippen LogP contribution in [0.15, 0.2) is 54.3 Å². The van der Waals surface area contributed by atoms with Gasteiger partial charge in [0, 0.05) is 30.5 Å². The average molecular weight is 457 g/mol. The van der Waals surface area contributed by atoms with Gasteiger partial charge in [0.05, 0.1) is 22.1 Å². The van der Waals surface area contributed by atoms with Crippen LogP contribution in [-0.4, -0.2) is 28.5 Å². The topological polar surface area (TPSA) is 54.2 Å². The van der Waals surface area contributed by atoms with E-state index in [0.717, 1.165) is 43.0 Å². The lowest BCUT2D eigenvalue weighted by atomic mass is 9.85. The molecule has 1 fully saturated rings. The van der Waals surface area contributed by atoms with E-state index in [9.17, 15) is 0 Å². The fourth-order valence-corrected chi connectivity index (χ4v) is 4.65. The highest BCUT2D eigenvalue weighted by Crippen LogP contribution is 2.31. The van der Waals surface area contributed by atoms with Gasteiger partial charge in [-0.05, 0) is 36.3 Å². The molecule has 0 spiro atoms. The van der Waals surface area contributed by atoms with Gasteiger partial charge in [-0.2, -0.15) is 0 Å². The molecule has 2 atom stereocenters. The van der Waals surface area contributed by atoms with Crippen LogP contribution in [0.5, 0.6) is 0 Å². The smallest absolute Gasteiger partial charge is 0.0801 e. The Hall–Kier alpha value is -2.11. The number of aryl methyl sites for hydroxylation is 1. The van der Waals surface area contributed by atoms with Gasteiger partial charge in [0.2, 0.25) is 0 Å². The summed E-state index contributed by atoms with van der Waals surface area (Å²) in [4.78, 5) is 7.93. The van der Waals surface area contributed by atoms with Gasteiger partial charge in [-0.25, -0.2) is 4.98 Å². The molecule has 1 aliphatic heterocycles. The Labute approximate surface area is 200 Å². The van der Waals surface area contributed by atoms with Crippen molar-refractivity contribution in [2.24, 2.45) is 11.1 Å². The maximum atomic E-state index is 6.47. The second kappa shape index (κ2) is 12.2. The molecule has 4 nitrogen and oxygen atoms in total. The first-order valence-corrected chi connectivity index (χ1v) is 12.2. The van der Waals surface area contributed by atoms with Gasteiger partial charge < -0.3 is 16.0 Å². The van der Waals surface area contributed by atoms with Crippen molar-refractivity contribution < 1.29 is 0 Å². The number of hydrogen-bond acceptors (Lipinski definition) is 5. The van der Waals surface area contributed by atoms with Crippen LogP contribution in [0, 0.1) is 12.3 Å². The minimum absolute atomic E-state index is 0. The maximum absolute atomic E-state index is 6.47. The number of nitrogens with zero attached hydrogens (tertiary/aromatic N) is 2. The normalized spacial score (nSPS) is 16.5. The second-order valence-electron chi connectivity index (χ2n) is 9.03. The van der Waals surface area contributed by atoms with Crippen molar-refractivity contribution in [1.29, 1.82) is 0 Å². The third-order valence-corrected chi connectivity index (χ3v) is 6.77. The first-order chi connectivity index (χ1) is 14.7. The molecule has 2 unspecified atom stereocenters. The summed E-state index contributed by atoms with van der Waals surface area (Å²) in [6.07, 6.45) is 2.23. The fourth-order valence-electron chi connectivity index (χ4n) is 3.84. The van der Waals surface area contributed by atoms with Crippen LogP contribution >= 0.6 is 11.3 Å². The molecular weight excluding hydrogens is 412 g/mol. The summed E-state index contributed by atoms with van der Waals surface area (Å²) < 4.78 is 0. The summed E-state index contributed by atoms with van der Waals surface area (Å²) in [5.74, 6) is 0. The van der Waals surface area contributed by atoms with Crippen molar-refractivity contribution in [3.8, 4) is 10.4 Å². The third kappa shape index (κ3) is 6.69. The van der Waals surface area contributed by atoms with Crippen molar-refractivity contribution >= 4 is 11.3 Å². The van der Waals surface area contributed by atoms with E-state index in [0.29, 0.717) is 0 Å². The van der Waals surface area contributed by atoms with E-state index >= 15 is 0 Å². The minimum Gasteiger partial charge on any atom is -0.383 e. The average Bonchev–Trinajstić information content (AvgIpc) is 3.41. The summed E-state index contributed by atoms with van der Waals surface area (Å²) in [5.41, 5.74) is 14.0. The lowest BCUT2D eigenvalue weighted by Crippen LogP contribution is -2.45. The second-order valence-corrected chi connectivity index (χ2v) is 9.88. The highest BCUT2D eigenvalue weighted by molar-refractivity contribution is 7.13. The number of nitrogens with two attached hydrogens (primary N) is 1. The van der Waals surface area contributed by atoms with Crippen molar-refractivity contribution in [2.75, 3.05) is 6.54 Å². The third-order valence-electron chi connectivity index (χ3n) is 5.80. The molecule has 0 amide bonds. The molecule has 0 bridgehead atoms. The van der Waals surface area contributed by atoms with Crippen molar-refractivity contribution in [3.63, 3.8) is 0 Å². The maximum Gasteiger partial charge on any atom is 0.0801 e. The van der Waals surface area contributed by atoms with Crippen LogP contribution in [0.4, 0.5) is 0 Å². The number of hydrogen-bond donors (Lipinski definition) is 2. The monoisotopic (exact) mass is 456 g/mol. The lowest BCUT2D eigenvalue weighted by Gasteiger charge is -2.38. The largest absolute Gasteiger partial charge is 0.383 e. The van der Waals surface area contributed by atoms with E-state index < -0.39 is 0 Å². The van der Waals surface area contributed by atoms with E-state index in [2.05, 4.69) is 80.3 Å². The van der Waals surface area contributed by atoms with Gasteiger partial charge in [0.15, 0.2) is 0 Å². The predicted molar refractivity (Wildman–Crippen MR) is 143 cm³/mol. The molecule has 0 radical (unpaired) electrons. The molecule has 32 heavy (non-hydrogen) atoms. The number of likely N-dealkylation sites (tertiary alicyclic amines) is 1. The van der Waals surface area contributed by atoms with Gasteiger partial charge in [0.1, 0.15) is 0 Å². The molecule has 2 heterocycles. The van der Waals surface area contributed by atoms with Crippen LogP contribution in [-0.2, 0) is 6.54 Å². The molecule has 0 aliphatic carbocycles. The van der Waals surface area contributed by atoms with Crippen molar-refractivity contribution in [3.05, 3.63) is 65.6 Å². The molecule has 0 saturated carbocycles. The van der Waals surface area contributed by atoms with Crippen LogP contribution in [0.3, 0.4) is 0 Å². The highest BCUT2D eigenvalue weighted by Gasteiger charge is 2.33. The Balaban J connectivity index is 0.00000166.